The fourth-order valence-electron chi connectivity index (χ4n) is 2.17. The van der Waals surface area contributed by atoms with E-state index in [0.29, 0.717) is 12.2 Å². The van der Waals surface area contributed by atoms with Gasteiger partial charge in [-0.3, -0.25) is 0 Å². The van der Waals surface area contributed by atoms with Crippen molar-refractivity contribution >= 4 is 5.69 Å². The second kappa shape index (κ2) is 5.49. The smallest absolute Gasteiger partial charge is 0.0916 e. The molecule has 1 unspecified atom stereocenters. The van der Waals surface area contributed by atoms with Gasteiger partial charge < -0.3 is 20.8 Å². The molecule has 0 amide bonds. The maximum absolute atomic E-state index is 10.1. The van der Waals surface area contributed by atoms with E-state index in [-0.39, 0.29) is 6.10 Å². The van der Waals surface area contributed by atoms with E-state index in [1.807, 2.05) is 12.1 Å². The minimum atomic E-state index is -0.481. The average molecular weight is 236 g/mol. The molecule has 1 saturated heterocycles. The van der Waals surface area contributed by atoms with Crippen molar-refractivity contribution in [2.24, 2.45) is 0 Å². The van der Waals surface area contributed by atoms with Gasteiger partial charge in [0.05, 0.1) is 12.2 Å². The predicted molar refractivity (Wildman–Crippen MR) is 67.5 cm³/mol. The minimum Gasteiger partial charge on any atom is -0.399 e. The van der Waals surface area contributed by atoms with Crippen molar-refractivity contribution in [1.82, 2.24) is 4.90 Å². The Labute approximate surface area is 102 Å². The quantitative estimate of drug-likeness (QED) is 0.678. The highest BCUT2D eigenvalue weighted by atomic mass is 16.3. The number of benzene rings is 1. The number of nitrogen functional groups attached to an aromatic ring is 1. The highest BCUT2D eigenvalue weighted by Gasteiger charge is 2.19. The van der Waals surface area contributed by atoms with Gasteiger partial charge in [-0.1, -0.05) is 12.1 Å². The third kappa shape index (κ3) is 3.43. The number of likely N-dealkylation sites (tertiary alicyclic amines) is 1. The molecular weight excluding hydrogens is 216 g/mol. The highest BCUT2D eigenvalue weighted by molar-refractivity contribution is 5.39. The van der Waals surface area contributed by atoms with Crippen LogP contribution < -0.4 is 5.73 Å². The van der Waals surface area contributed by atoms with Crippen molar-refractivity contribution < 1.29 is 10.2 Å². The molecule has 1 atom stereocenters. The Morgan fingerprint density at radius 1 is 1.24 bits per heavy atom. The molecule has 0 bridgehead atoms. The largest absolute Gasteiger partial charge is 0.399 e. The van der Waals surface area contributed by atoms with Gasteiger partial charge in [0.1, 0.15) is 0 Å². The number of nitrogens with two attached hydrogens (primary N) is 1. The minimum absolute atomic E-state index is 0.167. The molecule has 1 aliphatic heterocycles. The Hall–Kier alpha value is -1.10. The molecule has 4 nitrogen and oxygen atoms in total. The van der Waals surface area contributed by atoms with Crippen LogP contribution in [0, 0.1) is 0 Å². The van der Waals surface area contributed by atoms with E-state index in [1.54, 1.807) is 12.1 Å². The number of hydrogen-bond acceptors (Lipinski definition) is 4. The Kier molecular flexibility index (Phi) is 3.99. The standard InChI is InChI=1S/C13H20N2O2/c14-11-3-1-10(2-4-11)13(17)9-15-7-5-12(16)6-8-15/h1-4,12-13,16-17H,5-9,14H2. The number of β-amino-alcohol motifs (C(OH)–C–C–N with tert-alkyl or cyclic N) is 1. The SMILES string of the molecule is Nc1ccc(C(O)CN2CCC(O)CC2)cc1. The van der Waals surface area contributed by atoms with Crippen LogP contribution >= 0.6 is 0 Å². The predicted octanol–water partition coefficient (Wildman–Crippen LogP) is 0.759. The van der Waals surface area contributed by atoms with Gasteiger partial charge in [0.25, 0.3) is 0 Å². The first-order chi connectivity index (χ1) is 8.15. The summed E-state index contributed by atoms with van der Waals surface area (Å²) in [7, 11) is 0. The zero-order valence-corrected chi connectivity index (χ0v) is 9.92. The summed E-state index contributed by atoms with van der Waals surface area (Å²) in [6.45, 7) is 2.33. The molecule has 0 spiro atoms. The number of piperidine rings is 1. The van der Waals surface area contributed by atoms with Gasteiger partial charge in [0, 0.05) is 25.3 Å². The van der Waals surface area contributed by atoms with Crippen LogP contribution in [0.25, 0.3) is 0 Å². The van der Waals surface area contributed by atoms with Crippen LogP contribution in [0.1, 0.15) is 24.5 Å². The van der Waals surface area contributed by atoms with Crippen molar-refractivity contribution in [3.8, 4) is 0 Å². The molecule has 0 radical (unpaired) electrons. The van der Waals surface area contributed by atoms with Gasteiger partial charge in [-0.2, -0.15) is 0 Å². The molecule has 4 N–H and O–H groups in total. The molecule has 0 aliphatic carbocycles. The molecule has 1 aromatic carbocycles. The van der Waals surface area contributed by atoms with E-state index >= 15 is 0 Å². The van der Waals surface area contributed by atoms with Crippen LogP contribution in [0.4, 0.5) is 5.69 Å². The Morgan fingerprint density at radius 2 is 1.82 bits per heavy atom. The lowest BCUT2D eigenvalue weighted by Gasteiger charge is -2.31. The van der Waals surface area contributed by atoms with E-state index in [4.69, 9.17) is 5.73 Å². The van der Waals surface area contributed by atoms with Gasteiger partial charge in [0.15, 0.2) is 0 Å². The lowest BCUT2D eigenvalue weighted by molar-refractivity contribution is 0.0508. The maximum Gasteiger partial charge on any atom is 0.0916 e. The molecule has 1 aliphatic rings. The maximum atomic E-state index is 10.1. The molecule has 2 rings (SSSR count). The van der Waals surface area contributed by atoms with Crippen molar-refractivity contribution in [1.29, 1.82) is 0 Å². The molecule has 0 saturated carbocycles. The van der Waals surface area contributed by atoms with Crippen LogP contribution in [0.3, 0.4) is 0 Å². The molecule has 0 aromatic heterocycles. The highest BCUT2D eigenvalue weighted by Crippen LogP contribution is 2.18. The Bertz CT molecular complexity index is 345. The molecule has 17 heavy (non-hydrogen) atoms. The first kappa shape index (κ1) is 12.4. The Morgan fingerprint density at radius 3 is 2.41 bits per heavy atom. The topological polar surface area (TPSA) is 69.7 Å². The lowest BCUT2D eigenvalue weighted by Crippen LogP contribution is -2.38. The summed E-state index contributed by atoms with van der Waals surface area (Å²) in [4.78, 5) is 2.19. The molecule has 1 aromatic rings. The van der Waals surface area contributed by atoms with Crippen molar-refractivity contribution in [3.63, 3.8) is 0 Å². The number of aliphatic hydroxyl groups is 2. The Balaban J connectivity index is 1.88. The first-order valence-electron chi connectivity index (χ1n) is 6.09. The zero-order valence-electron chi connectivity index (χ0n) is 9.92. The van der Waals surface area contributed by atoms with Crippen LogP contribution in [0.2, 0.25) is 0 Å². The van der Waals surface area contributed by atoms with E-state index in [1.165, 1.54) is 0 Å². The van der Waals surface area contributed by atoms with Gasteiger partial charge in [-0.25, -0.2) is 0 Å². The summed E-state index contributed by atoms with van der Waals surface area (Å²) >= 11 is 0. The number of hydrogen-bond donors (Lipinski definition) is 3. The van der Waals surface area contributed by atoms with Crippen LogP contribution in [-0.2, 0) is 0 Å². The average Bonchev–Trinajstić information content (AvgIpc) is 2.33. The molecular formula is C13H20N2O2. The summed E-state index contributed by atoms with van der Waals surface area (Å²) in [6, 6.07) is 7.33. The first-order valence-corrected chi connectivity index (χ1v) is 6.09. The second-order valence-corrected chi connectivity index (χ2v) is 4.71. The van der Waals surface area contributed by atoms with Crippen LogP contribution in [-0.4, -0.2) is 40.9 Å². The normalized spacial score (nSPS) is 20.4. The summed E-state index contributed by atoms with van der Waals surface area (Å²) in [6.07, 6.45) is 0.953. The fraction of sp³-hybridized carbons (Fsp3) is 0.538. The zero-order chi connectivity index (χ0) is 12.3. The van der Waals surface area contributed by atoms with Crippen molar-refractivity contribution in [2.75, 3.05) is 25.4 Å². The number of nitrogens with zero attached hydrogens (tertiary/aromatic N) is 1. The summed E-state index contributed by atoms with van der Waals surface area (Å²) < 4.78 is 0. The molecule has 94 valence electrons. The van der Waals surface area contributed by atoms with Gasteiger partial charge in [-0.15, -0.1) is 0 Å². The van der Waals surface area contributed by atoms with Gasteiger partial charge >= 0.3 is 0 Å². The van der Waals surface area contributed by atoms with Crippen LogP contribution in [0.15, 0.2) is 24.3 Å². The molecule has 1 heterocycles. The number of rotatable bonds is 3. The number of aliphatic hydroxyl groups excluding tert-OH is 2. The van der Waals surface area contributed by atoms with E-state index in [2.05, 4.69) is 4.90 Å². The lowest BCUT2D eigenvalue weighted by atomic mass is 10.1. The van der Waals surface area contributed by atoms with Crippen molar-refractivity contribution in [2.45, 2.75) is 25.0 Å². The van der Waals surface area contributed by atoms with E-state index < -0.39 is 6.10 Å². The molecule has 1 fully saturated rings. The van der Waals surface area contributed by atoms with E-state index in [9.17, 15) is 10.2 Å². The summed E-state index contributed by atoms with van der Waals surface area (Å²) in [5.74, 6) is 0. The van der Waals surface area contributed by atoms with E-state index in [0.717, 1.165) is 31.5 Å². The van der Waals surface area contributed by atoms with Crippen molar-refractivity contribution in [3.05, 3.63) is 29.8 Å². The second-order valence-electron chi connectivity index (χ2n) is 4.71. The van der Waals surface area contributed by atoms with Gasteiger partial charge in [-0.05, 0) is 30.5 Å². The summed E-state index contributed by atoms with van der Waals surface area (Å²) in [5, 5.41) is 19.5. The monoisotopic (exact) mass is 236 g/mol. The summed E-state index contributed by atoms with van der Waals surface area (Å²) in [5.41, 5.74) is 7.21. The third-order valence-corrected chi connectivity index (χ3v) is 3.31. The number of anilines is 1. The fourth-order valence-corrected chi connectivity index (χ4v) is 2.17. The third-order valence-electron chi connectivity index (χ3n) is 3.31. The van der Waals surface area contributed by atoms with Gasteiger partial charge in [0.2, 0.25) is 0 Å². The van der Waals surface area contributed by atoms with Crippen LogP contribution in [0.5, 0.6) is 0 Å². The molecule has 4 heteroatoms.